The van der Waals surface area contributed by atoms with Gasteiger partial charge in [0.1, 0.15) is 5.82 Å². The molecular weight excluding hydrogens is 399 g/mol. The number of hydrogen-bond acceptors (Lipinski definition) is 3. The van der Waals surface area contributed by atoms with Crippen LogP contribution in [0.4, 0.5) is 10.1 Å². The van der Waals surface area contributed by atoms with Crippen LogP contribution in [0.25, 0.3) is 0 Å². The Morgan fingerprint density at radius 3 is 2.82 bits per heavy atom. The average molecular weight is 421 g/mol. The summed E-state index contributed by atoms with van der Waals surface area (Å²) in [5.41, 5.74) is 2.88. The molecule has 0 aliphatic heterocycles. The van der Waals surface area contributed by atoms with Crippen molar-refractivity contribution in [2.24, 2.45) is 0 Å². The van der Waals surface area contributed by atoms with Gasteiger partial charge in [-0.1, -0.05) is 17.7 Å². The summed E-state index contributed by atoms with van der Waals surface area (Å²) in [6.07, 6.45) is 4.59. The standard InChI is InChI=1S/C19H22ClFN6S/c1-13-18(24-19(28)22-8-4-10-26-11-5-9-23-26)14(2)27(25-13)12-15-16(20)6-3-7-17(15)21/h3,5-7,9,11H,4,8,10,12H2,1-2H3,(H2,22,24,28). The number of halogens is 2. The minimum absolute atomic E-state index is 0.254. The first-order chi connectivity index (χ1) is 13.5. The molecule has 0 radical (unpaired) electrons. The Hall–Kier alpha value is -2.45. The summed E-state index contributed by atoms with van der Waals surface area (Å²) in [6, 6.07) is 6.56. The van der Waals surface area contributed by atoms with Gasteiger partial charge in [0.05, 0.1) is 23.6 Å². The SMILES string of the molecule is Cc1nn(Cc2c(F)cccc2Cl)c(C)c1NC(=S)NCCCn1cccn1. The Bertz CT molecular complexity index is 933. The van der Waals surface area contributed by atoms with E-state index in [2.05, 4.69) is 20.8 Å². The molecule has 148 valence electrons. The van der Waals surface area contributed by atoms with E-state index < -0.39 is 0 Å². The number of nitrogens with zero attached hydrogens (tertiary/aromatic N) is 4. The number of aryl methyl sites for hydroxylation is 2. The van der Waals surface area contributed by atoms with E-state index in [0.717, 1.165) is 36.6 Å². The first kappa shape index (κ1) is 20.3. The topological polar surface area (TPSA) is 59.7 Å². The van der Waals surface area contributed by atoms with Gasteiger partial charge in [-0.15, -0.1) is 0 Å². The van der Waals surface area contributed by atoms with Crippen molar-refractivity contribution in [2.75, 3.05) is 11.9 Å². The van der Waals surface area contributed by atoms with Gasteiger partial charge in [-0.25, -0.2) is 4.39 Å². The van der Waals surface area contributed by atoms with Crippen molar-refractivity contribution < 1.29 is 4.39 Å². The van der Waals surface area contributed by atoms with Crippen molar-refractivity contribution >= 4 is 34.6 Å². The number of anilines is 1. The molecule has 2 N–H and O–H groups in total. The molecule has 0 spiro atoms. The zero-order valence-corrected chi connectivity index (χ0v) is 17.3. The van der Waals surface area contributed by atoms with Crippen LogP contribution in [0.5, 0.6) is 0 Å². The first-order valence-electron chi connectivity index (χ1n) is 8.95. The van der Waals surface area contributed by atoms with Crippen molar-refractivity contribution in [1.29, 1.82) is 0 Å². The highest BCUT2D eigenvalue weighted by Crippen LogP contribution is 2.24. The normalized spacial score (nSPS) is 10.9. The third-order valence-corrected chi connectivity index (χ3v) is 5.00. The molecule has 0 unspecified atom stereocenters. The van der Waals surface area contributed by atoms with Crippen LogP contribution >= 0.6 is 23.8 Å². The number of rotatable bonds is 7. The zero-order valence-electron chi connectivity index (χ0n) is 15.7. The van der Waals surface area contributed by atoms with Crippen LogP contribution in [0.3, 0.4) is 0 Å². The molecule has 0 aliphatic carbocycles. The van der Waals surface area contributed by atoms with Crippen LogP contribution in [0.15, 0.2) is 36.7 Å². The highest BCUT2D eigenvalue weighted by molar-refractivity contribution is 7.80. The second-order valence-corrected chi connectivity index (χ2v) is 7.22. The van der Waals surface area contributed by atoms with Crippen molar-refractivity contribution in [3.8, 4) is 0 Å². The number of aromatic nitrogens is 4. The fourth-order valence-corrected chi connectivity index (χ4v) is 3.33. The van der Waals surface area contributed by atoms with E-state index in [-0.39, 0.29) is 12.4 Å². The van der Waals surface area contributed by atoms with Gasteiger partial charge >= 0.3 is 0 Å². The lowest BCUT2D eigenvalue weighted by molar-refractivity contribution is 0.574. The van der Waals surface area contributed by atoms with Crippen molar-refractivity contribution in [3.63, 3.8) is 0 Å². The molecule has 0 amide bonds. The Kier molecular flexibility index (Phi) is 6.64. The summed E-state index contributed by atoms with van der Waals surface area (Å²) < 4.78 is 17.7. The minimum Gasteiger partial charge on any atom is -0.362 e. The van der Waals surface area contributed by atoms with Gasteiger partial charge in [0.15, 0.2) is 5.11 Å². The highest BCUT2D eigenvalue weighted by Gasteiger charge is 2.15. The molecule has 0 fully saturated rings. The quantitative estimate of drug-likeness (QED) is 0.448. The predicted octanol–water partition coefficient (Wildman–Crippen LogP) is 3.91. The molecule has 1 aromatic carbocycles. The Morgan fingerprint density at radius 2 is 2.11 bits per heavy atom. The fourth-order valence-electron chi connectivity index (χ4n) is 2.90. The molecule has 2 heterocycles. The highest BCUT2D eigenvalue weighted by atomic mass is 35.5. The minimum atomic E-state index is -0.344. The zero-order chi connectivity index (χ0) is 20.1. The summed E-state index contributed by atoms with van der Waals surface area (Å²) in [7, 11) is 0. The fraction of sp³-hybridized carbons (Fsp3) is 0.316. The number of thiocarbonyl (C=S) groups is 1. The molecule has 0 atom stereocenters. The van der Waals surface area contributed by atoms with Crippen molar-refractivity contribution in [1.82, 2.24) is 24.9 Å². The summed E-state index contributed by atoms with van der Waals surface area (Å²) in [5, 5.41) is 16.0. The lowest BCUT2D eigenvalue weighted by atomic mass is 10.2. The third kappa shape index (κ3) is 4.88. The maximum Gasteiger partial charge on any atom is 0.170 e. The van der Waals surface area contributed by atoms with Crippen molar-refractivity contribution in [3.05, 3.63) is 64.5 Å². The molecule has 0 bridgehead atoms. The van der Waals surface area contributed by atoms with Crippen LogP contribution in [-0.4, -0.2) is 31.2 Å². The van der Waals surface area contributed by atoms with Gasteiger partial charge in [-0.3, -0.25) is 9.36 Å². The first-order valence-corrected chi connectivity index (χ1v) is 9.73. The van der Waals surface area contributed by atoms with E-state index in [1.807, 2.05) is 30.8 Å². The molecule has 0 saturated carbocycles. The van der Waals surface area contributed by atoms with Crippen LogP contribution in [0, 0.1) is 19.7 Å². The molecule has 3 aromatic rings. The van der Waals surface area contributed by atoms with Crippen molar-refractivity contribution in [2.45, 2.75) is 33.4 Å². The van der Waals surface area contributed by atoms with Gasteiger partial charge in [0.25, 0.3) is 0 Å². The van der Waals surface area contributed by atoms with Crippen LogP contribution in [-0.2, 0) is 13.1 Å². The van der Waals surface area contributed by atoms with E-state index >= 15 is 0 Å². The Balaban J connectivity index is 1.59. The number of benzene rings is 1. The van der Waals surface area contributed by atoms with Crippen LogP contribution in [0.2, 0.25) is 5.02 Å². The molecule has 0 saturated heterocycles. The Morgan fingerprint density at radius 1 is 1.29 bits per heavy atom. The van der Waals surface area contributed by atoms with Gasteiger partial charge in [0.2, 0.25) is 0 Å². The number of nitrogens with one attached hydrogen (secondary N) is 2. The second kappa shape index (κ2) is 9.16. The van der Waals surface area contributed by atoms with Gasteiger partial charge in [-0.05, 0) is 50.7 Å². The molecule has 2 aromatic heterocycles. The summed E-state index contributed by atoms with van der Waals surface area (Å²) in [6.45, 7) is 5.60. The molecule has 0 aliphatic rings. The second-order valence-electron chi connectivity index (χ2n) is 6.41. The molecular formula is C19H22ClFN6S. The lowest BCUT2D eigenvalue weighted by Crippen LogP contribution is -2.30. The lowest BCUT2D eigenvalue weighted by Gasteiger charge is -2.12. The van der Waals surface area contributed by atoms with E-state index in [0.29, 0.717) is 15.7 Å². The largest absolute Gasteiger partial charge is 0.362 e. The van der Waals surface area contributed by atoms with E-state index in [4.69, 9.17) is 23.8 Å². The summed E-state index contributed by atoms with van der Waals surface area (Å²) >= 11 is 11.5. The molecule has 6 nitrogen and oxygen atoms in total. The smallest absolute Gasteiger partial charge is 0.170 e. The third-order valence-electron chi connectivity index (χ3n) is 4.40. The van der Waals surface area contributed by atoms with E-state index in [1.54, 1.807) is 23.0 Å². The summed E-state index contributed by atoms with van der Waals surface area (Å²) in [5.74, 6) is -0.344. The van der Waals surface area contributed by atoms with E-state index in [9.17, 15) is 4.39 Å². The monoisotopic (exact) mass is 420 g/mol. The van der Waals surface area contributed by atoms with Crippen LogP contribution < -0.4 is 10.6 Å². The Labute approximate surface area is 173 Å². The van der Waals surface area contributed by atoms with Gasteiger partial charge < -0.3 is 10.6 Å². The van der Waals surface area contributed by atoms with Crippen LogP contribution in [0.1, 0.15) is 23.4 Å². The van der Waals surface area contributed by atoms with Gasteiger partial charge in [-0.2, -0.15) is 10.2 Å². The van der Waals surface area contributed by atoms with Gasteiger partial charge in [0, 0.05) is 36.1 Å². The maximum atomic E-state index is 14.1. The molecule has 9 heteroatoms. The summed E-state index contributed by atoms with van der Waals surface area (Å²) in [4.78, 5) is 0. The molecule has 28 heavy (non-hydrogen) atoms. The average Bonchev–Trinajstić information content (AvgIpc) is 3.26. The number of hydrogen-bond donors (Lipinski definition) is 2. The van der Waals surface area contributed by atoms with E-state index in [1.165, 1.54) is 6.07 Å². The maximum absolute atomic E-state index is 14.1. The predicted molar refractivity (Wildman–Crippen MR) is 113 cm³/mol. The molecule has 3 rings (SSSR count).